The smallest absolute Gasteiger partial charge is 0.242 e. The lowest BCUT2D eigenvalue weighted by Gasteiger charge is -2.12. The van der Waals surface area contributed by atoms with Gasteiger partial charge in [-0.05, 0) is 37.0 Å². The van der Waals surface area contributed by atoms with E-state index in [9.17, 15) is 8.42 Å². The Balaban J connectivity index is 2.10. The molecule has 4 nitrogen and oxygen atoms in total. The van der Waals surface area contributed by atoms with Gasteiger partial charge in [-0.25, -0.2) is 13.1 Å². The first-order chi connectivity index (χ1) is 9.44. The van der Waals surface area contributed by atoms with Crippen LogP contribution in [0.1, 0.15) is 30.2 Å². The summed E-state index contributed by atoms with van der Waals surface area (Å²) in [7, 11) is -3.40. The van der Waals surface area contributed by atoms with Crippen LogP contribution in [0.4, 0.5) is 0 Å². The number of nitrogens with one attached hydrogen (secondary N) is 2. The van der Waals surface area contributed by atoms with Crippen LogP contribution in [0, 0.1) is 6.92 Å². The van der Waals surface area contributed by atoms with Gasteiger partial charge in [0.05, 0.1) is 0 Å². The number of thiophene rings is 1. The molecule has 1 aromatic rings. The molecule has 0 aromatic carbocycles. The Morgan fingerprint density at radius 2 is 2.20 bits per heavy atom. The van der Waals surface area contributed by atoms with Crippen LogP contribution < -0.4 is 10.0 Å². The zero-order valence-corrected chi connectivity index (χ0v) is 14.6. The second kappa shape index (κ2) is 6.79. The van der Waals surface area contributed by atoms with Crippen molar-refractivity contribution < 1.29 is 8.42 Å². The number of thioether (sulfide) groups is 1. The fourth-order valence-electron chi connectivity index (χ4n) is 1.88. The largest absolute Gasteiger partial charge is 0.309 e. The minimum atomic E-state index is -3.40. The molecule has 0 saturated heterocycles. The monoisotopic (exact) mass is 334 g/mol. The van der Waals surface area contributed by atoms with Crippen LogP contribution in [0.3, 0.4) is 0 Å². The number of rotatable bonds is 8. The van der Waals surface area contributed by atoms with Crippen molar-refractivity contribution in [2.24, 2.45) is 0 Å². The number of sulfonamides is 1. The molecule has 1 unspecified atom stereocenters. The Morgan fingerprint density at radius 1 is 1.50 bits per heavy atom. The van der Waals surface area contributed by atoms with Gasteiger partial charge in [0.25, 0.3) is 0 Å². The summed E-state index contributed by atoms with van der Waals surface area (Å²) < 4.78 is 27.7. The van der Waals surface area contributed by atoms with Crippen LogP contribution in [-0.2, 0) is 16.6 Å². The fourth-order valence-corrected chi connectivity index (χ4v) is 5.12. The lowest BCUT2D eigenvalue weighted by molar-refractivity contribution is 0.578. The molecule has 2 rings (SSSR count). The maximum Gasteiger partial charge on any atom is 0.242 e. The number of aryl methyl sites for hydroxylation is 1. The van der Waals surface area contributed by atoms with E-state index in [1.54, 1.807) is 11.8 Å². The molecule has 1 aromatic heterocycles. The first kappa shape index (κ1) is 16.3. The molecule has 1 saturated carbocycles. The van der Waals surface area contributed by atoms with Gasteiger partial charge >= 0.3 is 0 Å². The van der Waals surface area contributed by atoms with Crippen molar-refractivity contribution >= 4 is 33.1 Å². The van der Waals surface area contributed by atoms with Crippen molar-refractivity contribution in [2.45, 2.75) is 49.4 Å². The molecule has 1 heterocycles. The molecular formula is C13H22N2O2S3. The molecule has 0 amide bonds. The van der Waals surface area contributed by atoms with Gasteiger partial charge < -0.3 is 5.32 Å². The van der Waals surface area contributed by atoms with E-state index in [2.05, 4.69) is 10.0 Å². The predicted molar refractivity (Wildman–Crippen MR) is 87.1 cm³/mol. The van der Waals surface area contributed by atoms with Crippen LogP contribution in [0.5, 0.6) is 0 Å². The molecule has 20 heavy (non-hydrogen) atoms. The van der Waals surface area contributed by atoms with Crippen molar-refractivity contribution in [3.05, 3.63) is 15.8 Å². The van der Waals surface area contributed by atoms with Crippen molar-refractivity contribution in [1.29, 1.82) is 0 Å². The zero-order valence-electron chi connectivity index (χ0n) is 12.1. The van der Waals surface area contributed by atoms with Gasteiger partial charge in [0.1, 0.15) is 4.90 Å². The van der Waals surface area contributed by atoms with Gasteiger partial charge in [-0.15, -0.1) is 11.3 Å². The van der Waals surface area contributed by atoms with E-state index < -0.39 is 10.0 Å². The second-order valence-electron chi connectivity index (χ2n) is 5.22. The molecule has 0 bridgehead atoms. The molecule has 114 valence electrons. The normalized spacial score (nSPS) is 17.4. The average Bonchev–Trinajstić information content (AvgIpc) is 3.16. The third-order valence-corrected chi connectivity index (χ3v) is 7.21. The van der Waals surface area contributed by atoms with Crippen LogP contribution in [0.15, 0.2) is 10.3 Å². The Hall–Kier alpha value is -0.0800. The Labute approximate surface area is 129 Å². The molecule has 1 atom stereocenters. The van der Waals surface area contributed by atoms with E-state index in [1.807, 2.05) is 25.5 Å². The van der Waals surface area contributed by atoms with Crippen LogP contribution >= 0.6 is 23.1 Å². The summed E-state index contributed by atoms with van der Waals surface area (Å²) in [5, 5.41) is 5.59. The summed E-state index contributed by atoms with van der Waals surface area (Å²) >= 11 is 3.18. The van der Waals surface area contributed by atoms with Crippen molar-refractivity contribution in [3.63, 3.8) is 0 Å². The van der Waals surface area contributed by atoms with Gasteiger partial charge in [-0.2, -0.15) is 11.8 Å². The molecule has 0 aliphatic heterocycles. The van der Waals surface area contributed by atoms with Crippen LogP contribution in [0.2, 0.25) is 0 Å². The van der Waals surface area contributed by atoms with E-state index in [4.69, 9.17) is 0 Å². The summed E-state index contributed by atoms with van der Waals surface area (Å²) in [5.74, 6) is 0. The molecule has 1 aliphatic carbocycles. The lowest BCUT2D eigenvalue weighted by Crippen LogP contribution is -2.30. The van der Waals surface area contributed by atoms with Gasteiger partial charge in [-0.1, -0.05) is 6.92 Å². The highest BCUT2D eigenvalue weighted by Gasteiger charge is 2.25. The van der Waals surface area contributed by atoms with E-state index in [0.29, 0.717) is 24.0 Å². The predicted octanol–water partition coefficient (Wildman–Crippen LogP) is 2.34. The number of hydrogen-bond acceptors (Lipinski definition) is 5. The molecule has 2 N–H and O–H groups in total. The first-order valence-corrected chi connectivity index (χ1v) is 10.4. The highest BCUT2D eigenvalue weighted by Crippen LogP contribution is 2.28. The van der Waals surface area contributed by atoms with Gasteiger partial charge in [-0.3, -0.25) is 0 Å². The van der Waals surface area contributed by atoms with Crippen molar-refractivity contribution in [1.82, 2.24) is 10.0 Å². The minimum absolute atomic E-state index is 0.275. The Morgan fingerprint density at radius 3 is 2.80 bits per heavy atom. The third-order valence-electron chi connectivity index (χ3n) is 3.35. The first-order valence-electron chi connectivity index (χ1n) is 6.77. The highest BCUT2D eigenvalue weighted by molar-refractivity contribution is 7.99. The molecule has 7 heteroatoms. The zero-order chi connectivity index (χ0) is 14.8. The molecule has 0 spiro atoms. The highest BCUT2D eigenvalue weighted by atomic mass is 32.2. The van der Waals surface area contributed by atoms with E-state index >= 15 is 0 Å². The molecule has 1 aliphatic rings. The molecular weight excluding hydrogens is 312 g/mol. The Bertz CT molecular complexity index is 550. The summed E-state index contributed by atoms with van der Waals surface area (Å²) in [6, 6.07) is 0.581. The van der Waals surface area contributed by atoms with E-state index in [-0.39, 0.29) is 5.25 Å². The third kappa shape index (κ3) is 4.21. The maximum atomic E-state index is 12.5. The number of hydrogen-bond donors (Lipinski definition) is 2. The van der Waals surface area contributed by atoms with Crippen molar-refractivity contribution in [3.8, 4) is 0 Å². The van der Waals surface area contributed by atoms with E-state index in [0.717, 1.165) is 10.4 Å². The SMILES string of the molecule is CSC(C)CNS(=O)(=O)c1c(C)csc1CNC1CC1. The van der Waals surface area contributed by atoms with Crippen LogP contribution in [-0.4, -0.2) is 32.5 Å². The average molecular weight is 335 g/mol. The van der Waals surface area contributed by atoms with E-state index in [1.165, 1.54) is 24.2 Å². The maximum absolute atomic E-state index is 12.5. The second-order valence-corrected chi connectivity index (χ2v) is 9.17. The van der Waals surface area contributed by atoms with Gasteiger partial charge in [0.2, 0.25) is 10.0 Å². The fraction of sp³-hybridized carbons (Fsp3) is 0.692. The molecule has 1 fully saturated rings. The van der Waals surface area contributed by atoms with Crippen LogP contribution in [0.25, 0.3) is 0 Å². The minimum Gasteiger partial charge on any atom is -0.309 e. The lowest BCUT2D eigenvalue weighted by atomic mass is 10.3. The van der Waals surface area contributed by atoms with Crippen molar-refractivity contribution in [2.75, 3.05) is 12.8 Å². The summed E-state index contributed by atoms with van der Waals surface area (Å²) in [5.41, 5.74) is 0.840. The van der Waals surface area contributed by atoms with Gasteiger partial charge in [0, 0.05) is 29.3 Å². The standard InChI is InChI=1S/C13H22N2O2S3/c1-9-8-19-12(7-14-11-4-5-11)13(9)20(16,17)15-6-10(2)18-3/h8,10-11,14-15H,4-7H2,1-3H3. The van der Waals surface area contributed by atoms with Gasteiger partial charge in [0.15, 0.2) is 0 Å². The summed E-state index contributed by atoms with van der Waals surface area (Å²) in [6.45, 7) is 5.00. The summed E-state index contributed by atoms with van der Waals surface area (Å²) in [4.78, 5) is 1.39. The topological polar surface area (TPSA) is 58.2 Å². The Kier molecular flexibility index (Phi) is 5.53. The summed E-state index contributed by atoms with van der Waals surface area (Å²) in [6.07, 6.45) is 4.39. The quantitative estimate of drug-likeness (QED) is 0.766. The molecule has 0 radical (unpaired) electrons.